The molecule has 6 nitrogen and oxygen atoms in total. The fourth-order valence-corrected chi connectivity index (χ4v) is 2.50. The Morgan fingerprint density at radius 2 is 2.29 bits per heavy atom. The zero-order chi connectivity index (χ0) is 14.5. The fraction of sp³-hybridized carbons (Fsp3) is 0.357. The summed E-state index contributed by atoms with van der Waals surface area (Å²) in [6.45, 7) is 1.37. The van der Waals surface area contributed by atoms with E-state index in [-0.39, 0.29) is 12.0 Å². The standard InChI is InChI=1S/C14H15N3O3S/c18-13(16-14-17-15-9-21-14)10-3-5-11(6-4-10)20-8-12-2-1-7-19-12/h3-6,9,12H,1-2,7-8H2,(H,16,17,18)/t12-/m1/s1. The Morgan fingerprint density at radius 1 is 1.43 bits per heavy atom. The van der Waals surface area contributed by atoms with Gasteiger partial charge in [-0.2, -0.15) is 0 Å². The second kappa shape index (κ2) is 6.64. The highest BCUT2D eigenvalue weighted by Crippen LogP contribution is 2.17. The molecule has 1 amide bonds. The van der Waals surface area contributed by atoms with Gasteiger partial charge in [0.25, 0.3) is 5.91 Å². The van der Waals surface area contributed by atoms with Crippen molar-refractivity contribution in [3.63, 3.8) is 0 Å². The van der Waals surface area contributed by atoms with Crippen LogP contribution in [-0.2, 0) is 4.74 Å². The third-order valence-corrected chi connectivity index (χ3v) is 3.76. The van der Waals surface area contributed by atoms with Crippen molar-refractivity contribution in [2.75, 3.05) is 18.5 Å². The normalized spacial score (nSPS) is 17.6. The SMILES string of the molecule is O=C(Nc1nncs1)c1ccc(OC[C@H]2CCCO2)cc1. The van der Waals surface area contributed by atoms with Gasteiger partial charge in [0.2, 0.25) is 5.13 Å². The van der Waals surface area contributed by atoms with Crippen molar-refractivity contribution in [1.82, 2.24) is 10.2 Å². The van der Waals surface area contributed by atoms with E-state index in [2.05, 4.69) is 15.5 Å². The Balaban J connectivity index is 1.54. The molecule has 1 atom stereocenters. The minimum atomic E-state index is -0.211. The zero-order valence-corrected chi connectivity index (χ0v) is 12.1. The molecule has 0 unspecified atom stereocenters. The van der Waals surface area contributed by atoms with E-state index in [9.17, 15) is 4.79 Å². The summed E-state index contributed by atoms with van der Waals surface area (Å²) in [5.41, 5.74) is 2.12. The third-order valence-electron chi connectivity index (χ3n) is 3.16. The molecule has 3 rings (SSSR count). The lowest BCUT2D eigenvalue weighted by Gasteiger charge is -2.11. The van der Waals surface area contributed by atoms with Crippen molar-refractivity contribution in [3.8, 4) is 5.75 Å². The topological polar surface area (TPSA) is 73.3 Å². The number of rotatable bonds is 5. The Hall–Kier alpha value is -1.99. The number of aromatic nitrogens is 2. The van der Waals surface area contributed by atoms with Gasteiger partial charge in [0, 0.05) is 12.2 Å². The molecule has 1 aromatic carbocycles. The Bertz CT molecular complexity index is 580. The molecule has 1 saturated heterocycles. The van der Waals surface area contributed by atoms with E-state index >= 15 is 0 Å². The lowest BCUT2D eigenvalue weighted by Crippen LogP contribution is -2.16. The molecule has 0 spiro atoms. The molecule has 0 aliphatic carbocycles. The molecule has 0 saturated carbocycles. The first-order valence-corrected chi connectivity index (χ1v) is 7.61. The molecule has 1 fully saturated rings. The Morgan fingerprint density at radius 3 is 2.95 bits per heavy atom. The van der Waals surface area contributed by atoms with Gasteiger partial charge in [-0.3, -0.25) is 10.1 Å². The number of hydrogen-bond donors (Lipinski definition) is 1. The van der Waals surface area contributed by atoms with Gasteiger partial charge < -0.3 is 9.47 Å². The number of anilines is 1. The number of nitrogens with one attached hydrogen (secondary N) is 1. The average Bonchev–Trinajstić information content (AvgIpc) is 3.19. The molecule has 0 radical (unpaired) electrons. The summed E-state index contributed by atoms with van der Waals surface area (Å²) < 4.78 is 11.1. The molecule has 21 heavy (non-hydrogen) atoms. The van der Waals surface area contributed by atoms with Gasteiger partial charge in [-0.15, -0.1) is 10.2 Å². The van der Waals surface area contributed by atoms with Gasteiger partial charge in [0.05, 0.1) is 6.10 Å². The van der Waals surface area contributed by atoms with Crippen molar-refractivity contribution in [2.24, 2.45) is 0 Å². The number of ether oxygens (including phenoxy) is 2. The van der Waals surface area contributed by atoms with Crippen molar-refractivity contribution in [2.45, 2.75) is 18.9 Å². The van der Waals surface area contributed by atoms with Crippen molar-refractivity contribution in [3.05, 3.63) is 35.3 Å². The number of carbonyl (C=O) groups is 1. The highest BCUT2D eigenvalue weighted by molar-refractivity contribution is 7.13. The molecule has 1 aromatic heterocycles. The maximum absolute atomic E-state index is 12.0. The van der Waals surface area contributed by atoms with Crippen LogP contribution in [0.3, 0.4) is 0 Å². The lowest BCUT2D eigenvalue weighted by atomic mass is 10.2. The number of hydrogen-bond acceptors (Lipinski definition) is 6. The van der Waals surface area contributed by atoms with E-state index in [1.165, 1.54) is 11.3 Å². The first-order chi connectivity index (χ1) is 10.3. The predicted molar refractivity (Wildman–Crippen MR) is 78.8 cm³/mol. The second-order valence-electron chi connectivity index (χ2n) is 4.67. The molecule has 7 heteroatoms. The summed E-state index contributed by atoms with van der Waals surface area (Å²) in [4.78, 5) is 12.0. The van der Waals surface area contributed by atoms with Crippen LogP contribution in [0.4, 0.5) is 5.13 Å². The largest absolute Gasteiger partial charge is 0.491 e. The van der Waals surface area contributed by atoms with E-state index in [1.54, 1.807) is 29.8 Å². The van der Waals surface area contributed by atoms with Crippen molar-refractivity contribution >= 4 is 22.4 Å². The molecule has 2 heterocycles. The minimum Gasteiger partial charge on any atom is -0.491 e. The summed E-state index contributed by atoms with van der Waals surface area (Å²) in [6, 6.07) is 7.01. The molecule has 1 aliphatic rings. The van der Waals surface area contributed by atoms with Crippen molar-refractivity contribution in [1.29, 1.82) is 0 Å². The number of carbonyl (C=O) groups excluding carboxylic acids is 1. The van der Waals surface area contributed by atoms with Gasteiger partial charge in [0.15, 0.2) is 0 Å². The summed E-state index contributed by atoms with van der Waals surface area (Å²) in [5, 5.41) is 10.6. The Labute approximate surface area is 126 Å². The van der Waals surface area contributed by atoms with Crippen LogP contribution in [0.5, 0.6) is 5.75 Å². The number of benzene rings is 1. The maximum atomic E-state index is 12.0. The quantitative estimate of drug-likeness (QED) is 0.918. The molecule has 2 aromatic rings. The van der Waals surface area contributed by atoms with E-state index < -0.39 is 0 Å². The predicted octanol–water partition coefficient (Wildman–Crippen LogP) is 2.35. The summed E-state index contributed by atoms with van der Waals surface area (Å²) in [7, 11) is 0. The molecule has 1 N–H and O–H groups in total. The van der Waals surface area contributed by atoms with Gasteiger partial charge in [-0.25, -0.2) is 0 Å². The van der Waals surface area contributed by atoms with Crippen LogP contribution in [0.15, 0.2) is 29.8 Å². The number of amides is 1. The van der Waals surface area contributed by atoms with Gasteiger partial charge in [-0.05, 0) is 37.1 Å². The highest BCUT2D eigenvalue weighted by Gasteiger charge is 2.16. The van der Waals surface area contributed by atoms with Crippen LogP contribution >= 0.6 is 11.3 Å². The van der Waals surface area contributed by atoms with Crippen LogP contribution in [-0.4, -0.2) is 35.4 Å². The van der Waals surface area contributed by atoms with Gasteiger partial charge in [0.1, 0.15) is 17.9 Å². The first-order valence-electron chi connectivity index (χ1n) is 6.73. The van der Waals surface area contributed by atoms with Crippen LogP contribution in [0, 0.1) is 0 Å². The van der Waals surface area contributed by atoms with Gasteiger partial charge >= 0.3 is 0 Å². The molecule has 0 bridgehead atoms. The van der Waals surface area contributed by atoms with Gasteiger partial charge in [-0.1, -0.05) is 11.3 Å². The smallest absolute Gasteiger partial charge is 0.257 e. The van der Waals surface area contributed by atoms with Crippen LogP contribution in [0.1, 0.15) is 23.2 Å². The van der Waals surface area contributed by atoms with Crippen LogP contribution in [0.25, 0.3) is 0 Å². The average molecular weight is 305 g/mol. The summed E-state index contributed by atoms with van der Waals surface area (Å²) >= 11 is 1.28. The summed E-state index contributed by atoms with van der Waals surface area (Å²) in [5.74, 6) is 0.524. The number of nitrogens with zero attached hydrogens (tertiary/aromatic N) is 2. The van der Waals surface area contributed by atoms with E-state index in [1.807, 2.05) is 0 Å². The monoisotopic (exact) mass is 305 g/mol. The van der Waals surface area contributed by atoms with E-state index in [0.717, 1.165) is 25.2 Å². The zero-order valence-electron chi connectivity index (χ0n) is 11.3. The summed E-state index contributed by atoms with van der Waals surface area (Å²) in [6.07, 6.45) is 2.33. The van der Waals surface area contributed by atoms with Crippen molar-refractivity contribution < 1.29 is 14.3 Å². The van der Waals surface area contributed by atoms with Crippen LogP contribution < -0.4 is 10.1 Å². The first kappa shape index (κ1) is 14.0. The highest BCUT2D eigenvalue weighted by atomic mass is 32.1. The van der Waals surface area contributed by atoms with E-state index in [4.69, 9.17) is 9.47 Å². The molecule has 110 valence electrons. The molecule has 1 aliphatic heterocycles. The molecular formula is C14H15N3O3S. The second-order valence-corrected chi connectivity index (χ2v) is 5.50. The lowest BCUT2D eigenvalue weighted by molar-refractivity contribution is 0.0679. The molecular weight excluding hydrogens is 290 g/mol. The maximum Gasteiger partial charge on any atom is 0.257 e. The van der Waals surface area contributed by atoms with Crippen LogP contribution in [0.2, 0.25) is 0 Å². The third kappa shape index (κ3) is 3.77. The fourth-order valence-electron chi connectivity index (χ4n) is 2.06. The van der Waals surface area contributed by atoms with E-state index in [0.29, 0.717) is 17.3 Å². The minimum absolute atomic E-state index is 0.186. The Kier molecular flexibility index (Phi) is 4.42.